The van der Waals surface area contributed by atoms with Gasteiger partial charge in [-0.3, -0.25) is 4.79 Å². The number of halogens is 1. The molecule has 0 aromatic heterocycles. The molecule has 0 aliphatic carbocycles. The van der Waals surface area contributed by atoms with Crippen molar-refractivity contribution in [1.82, 2.24) is 0 Å². The smallest absolute Gasteiger partial charge is 0.156 e. The summed E-state index contributed by atoms with van der Waals surface area (Å²) in [5.41, 5.74) is 0. The van der Waals surface area contributed by atoms with E-state index in [0.29, 0.717) is 4.48 Å². The minimum atomic E-state index is 0.174. The Morgan fingerprint density at radius 3 is 2.80 bits per heavy atom. The molecule has 0 saturated heterocycles. The SMILES string of the molecule is COC(C)CC=C(Br)C=O. The van der Waals surface area contributed by atoms with Crippen LogP contribution in [0.1, 0.15) is 13.3 Å². The highest BCUT2D eigenvalue weighted by atomic mass is 79.9. The number of carbonyl (C=O) groups excluding carboxylic acids is 1. The Bertz CT molecular complexity index is 132. The van der Waals surface area contributed by atoms with Crippen LogP contribution in [-0.4, -0.2) is 19.5 Å². The van der Waals surface area contributed by atoms with Crippen LogP contribution < -0.4 is 0 Å². The monoisotopic (exact) mass is 206 g/mol. The first-order valence-corrected chi connectivity index (χ1v) is 3.83. The molecular weight excluding hydrogens is 196 g/mol. The van der Waals surface area contributed by atoms with Gasteiger partial charge in [0.05, 0.1) is 10.6 Å². The van der Waals surface area contributed by atoms with E-state index >= 15 is 0 Å². The van der Waals surface area contributed by atoms with E-state index in [2.05, 4.69) is 15.9 Å². The molecule has 0 aliphatic heterocycles. The number of methoxy groups -OCH3 is 1. The van der Waals surface area contributed by atoms with Crippen LogP contribution in [0, 0.1) is 0 Å². The highest BCUT2D eigenvalue weighted by Gasteiger charge is 1.95. The maximum Gasteiger partial charge on any atom is 0.156 e. The summed E-state index contributed by atoms with van der Waals surface area (Å²) >= 11 is 3.07. The third-order valence-electron chi connectivity index (χ3n) is 1.16. The van der Waals surface area contributed by atoms with E-state index in [1.165, 1.54) is 0 Å². The minimum absolute atomic E-state index is 0.174. The molecule has 0 saturated carbocycles. The number of aldehydes is 1. The molecule has 58 valence electrons. The van der Waals surface area contributed by atoms with Gasteiger partial charge in [0.1, 0.15) is 0 Å². The van der Waals surface area contributed by atoms with Gasteiger partial charge in [-0.05, 0) is 29.3 Å². The number of hydrogen-bond donors (Lipinski definition) is 0. The molecule has 0 radical (unpaired) electrons. The molecule has 0 N–H and O–H groups in total. The van der Waals surface area contributed by atoms with Crippen molar-refractivity contribution in [2.24, 2.45) is 0 Å². The minimum Gasteiger partial charge on any atom is -0.381 e. The molecule has 0 amide bonds. The Hall–Kier alpha value is -0.150. The maximum absolute atomic E-state index is 10.0. The molecule has 0 aliphatic rings. The third-order valence-corrected chi connectivity index (χ3v) is 1.67. The van der Waals surface area contributed by atoms with E-state index in [0.717, 1.165) is 12.7 Å². The number of carbonyl (C=O) groups is 1. The molecule has 0 fully saturated rings. The Labute approximate surface area is 69.4 Å². The van der Waals surface area contributed by atoms with Crippen LogP contribution in [0.3, 0.4) is 0 Å². The number of hydrogen-bond acceptors (Lipinski definition) is 2. The summed E-state index contributed by atoms with van der Waals surface area (Å²) in [6.07, 6.45) is 3.49. The Kier molecular flexibility index (Phi) is 5.54. The lowest BCUT2D eigenvalue weighted by atomic mass is 10.3. The first-order valence-electron chi connectivity index (χ1n) is 3.04. The molecule has 10 heavy (non-hydrogen) atoms. The summed E-state index contributed by atoms with van der Waals surface area (Å²) in [6.45, 7) is 1.95. The van der Waals surface area contributed by atoms with Crippen LogP contribution in [-0.2, 0) is 9.53 Å². The van der Waals surface area contributed by atoms with E-state index in [9.17, 15) is 4.79 Å². The quantitative estimate of drug-likeness (QED) is 0.519. The normalized spacial score (nSPS) is 14.9. The summed E-state index contributed by atoms with van der Waals surface area (Å²) in [7, 11) is 1.65. The standard InChI is InChI=1S/C7H11BrO2/c1-6(10-2)3-4-7(8)5-9/h4-6H,3H2,1-2H3. The average Bonchev–Trinajstić information content (AvgIpc) is 1.99. The molecule has 0 aromatic carbocycles. The highest BCUT2D eigenvalue weighted by Crippen LogP contribution is 2.04. The van der Waals surface area contributed by atoms with Crippen molar-refractivity contribution in [3.05, 3.63) is 10.6 Å². The van der Waals surface area contributed by atoms with E-state index in [4.69, 9.17) is 4.74 Å². The van der Waals surface area contributed by atoms with E-state index in [-0.39, 0.29) is 6.10 Å². The van der Waals surface area contributed by atoms with E-state index in [1.54, 1.807) is 13.2 Å². The first kappa shape index (κ1) is 9.85. The van der Waals surface area contributed by atoms with Gasteiger partial charge in [0.2, 0.25) is 0 Å². The van der Waals surface area contributed by atoms with Gasteiger partial charge in [-0.15, -0.1) is 0 Å². The molecule has 2 nitrogen and oxygen atoms in total. The van der Waals surface area contributed by atoms with Crippen molar-refractivity contribution >= 4 is 22.2 Å². The fourth-order valence-electron chi connectivity index (χ4n) is 0.423. The van der Waals surface area contributed by atoms with Crippen molar-refractivity contribution in [3.63, 3.8) is 0 Å². The Balaban J connectivity index is 3.60. The van der Waals surface area contributed by atoms with E-state index < -0.39 is 0 Å². The van der Waals surface area contributed by atoms with Crippen molar-refractivity contribution < 1.29 is 9.53 Å². The second kappa shape index (κ2) is 5.62. The van der Waals surface area contributed by atoms with Gasteiger partial charge >= 0.3 is 0 Å². The van der Waals surface area contributed by atoms with Crippen molar-refractivity contribution in [1.29, 1.82) is 0 Å². The maximum atomic E-state index is 10.0. The molecule has 1 atom stereocenters. The second-order valence-corrected chi connectivity index (χ2v) is 2.90. The van der Waals surface area contributed by atoms with E-state index in [1.807, 2.05) is 6.92 Å². The largest absolute Gasteiger partial charge is 0.381 e. The third kappa shape index (κ3) is 4.70. The molecule has 0 aromatic rings. The van der Waals surface area contributed by atoms with Gasteiger partial charge in [-0.1, -0.05) is 6.08 Å². The fraction of sp³-hybridized carbons (Fsp3) is 0.571. The van der Waals surface area contributed by atoms with Crippen molar-refractivity contribution in [3.8, 4) is 0 Å². The summed E-state index contributed by atoms with van der Waals surface area (Å²) < 4.78 is 5.54. The van der Waals surface area contributed by atoms with Gasteiger partial charge in [-0.2, -0.15) is 0 Å². The summed E-state index contributed by atoms with van der Waals surface area (Å²) in [6, 6.07) is 0. The molecule has 0 bridgehead atoms. The topological polar surface area (TPSA) is 26.3 Å². The van der Waals surface area contributed by atoms with Crippen molar-refractivity contribution in [2.75, 3.05) is 7.11 Å². The zero-order valence-electron chi connectivity index (χ0n) is 6.13. The molecule has 3 heteroatoms. The molecule has 1 unspecified atom stereocenters. The number of ether oxygens (including phenoxy) is 1. The highest BCUT2D eigenvalue weighted by molar-refractivity contribution is 9.12. The summed E-state index contributed by atoms with van der Waals surface area (Å²) in [5.74, 6) is 0. The van der Waals surface area contributed by atoms with Gasteiger partial charge < -0.3 is 4.74 Å². The summed E-state index contributed by atoms with van der Waals surface area (Å²) in [5, 5.41) is 0. The fourth-order valence-corrected chi connectivity index (χ4v) is 0.610. The van der Waals surface area contributed by atoms with Crippen molar-refractivity contribution in [2.45, 2.75) is 19.4 Å². The average molecular weight is 207 g/mol. The lowest BCUT2D eigenvalue weighted by molar-refractivity contribution is -0.104. The van der Waals surface area contributed by atoms with Crippen LogP contribution in [0.5, 0.6) is 0 Å². The predicted octanol–water partition coefficient (Wildman–Crippen LogP) is 1.89. The Morgan fingerprint density at radius 2 is 2.40 bits per heavy atom. The zero-order valence-corrected chi connectivity index (χ0v) is 7.72. The molecule has 0 rings (SSSR count). The van der Waals surface area contributed by atoms with Crippen LogP contribution in [0.4, 0.5) is 0 Å². The Morgan fingerprint density at radius 1 is 1.80 bits per heavy atom. The van der Waals surface area contributed by atoms with Crippen LogP contribution in [0.25, 0.3) is 0 Å². The first-order chi connectivity index (χ1) is 4.70. The molecular formula is C7H11BrO2. The van der Waals surface area contributed by atoms with Crippen LogP contribution in [0.2, 0.25) is 0 Å². The molecule has 0 spiro atoms. The molecule has 0 heterocycles. The van der Waals surface area contributed by atoms with Gasteiger partial charge in [0, 0.05) is 7.11 Å². The lowest BCUT2D eigenvalue weighted by Gasteiger charge is -2.03. The van der Waals surface area contributed by atoms with Gasteiger partial charge in [0.25, 0.3) is 0 Å². The lowest BCUT2D eigenvalue weighted by Crippen LogP contribution is -2.02. The second-order valence-electron chi connectivity index (χ2n) is 1.99. The van der Waals surface area contributed by atoms with Gasteiger partial charge in [-0.25, -0.2) is 0 Å². The number of rotatable bonds is 4. The summed E-state index contributed by atoms with van der Waals surface area (Å²) in [4.78, 5) is 10.0. The number of allylic oxidation sites excluding steroid dienone is 1. The van der Waals surface area contributed by atoms with Crippen LogP contribution >= 0.6 is 15.9 Å². The van der Waals surface area contributed by atoms with Gasteiger partial charge in [0.15, 0.2) is 6.29 Å². The predicted molar refractivity (Wildman–Crippen MR) is 44.2 cm³/mol. The zero-order chi connectivity index (χ0) is 7.98. The van der Waals surface area contributed by atoms with Crippen LogP contribution in [0.15, 0.2) is 10.6 Å².